The number of hydrogen-bond acceptors (Lipinski definition) is 6. The minimum atomic E-state index is -0.429. The van der Waals surface area contributed by atoms with E-state index in [1.807, 2.05) is 0 Å². The first kappa shape index (κ1) is 14.6. The summed E-state index contributed by atoms with van der Waals surface area (Å²) in [6.45, 7) is 2.74. The predicted molar refractivity (Wildman–Crippen MR) is 80.1 cm³/mol. The molecule has 0 aliphatic carbocycles. The quantitative estimate of drug-likeness (QED) is 0.637. The van der Waals surface area contributed by atoms with Crippen molar-refractivity contribution in [2.24, 2.45) is 0 Å². The van der Waals surface area contributed by atoms with E-state index in [0.717, 1.165) is 13.1 Å². The molecule has 22 heavy (non-hydrogen) atoms. The van der Waals surface area contributed by atoms with Crippen molar-refractivity contribution in [1.29, 1.82) is 0 Å². The molecular weight excluding hydrogens is 284 g/mol. The number of nitro benzene ring substituents is 1. The monoisotopic (exact) mass is 302 g/mol. The molecule has 2 aromatic rings. The molecule has 1 aliphatic rings. The molecule has 1 saturated heterocycles. The average Bonchev–Trinajstić information content (AvgIpc) is 2.83. The fraction of sp³-hybridized carbons (Fsp3) is 0.467. The standard InChI is InChI=1S/C15H18N4O3/c20-19(21)13-7-5-6-12(10-13)15-16-14(22-17-15)11-18-8-3-1-2-4-9-18/h5-7,10H,1-4,8-9,11H2. The van der Waals surface area contributed by atoms with Crippen LogP contribution in [0.3, 0.4) is 0 Å². The Kier molecular flexibility index (Phi) is 4.43. The molecule has 1 aromatic carbocycles. The summed E-state index contributed by atoms with van der Waals surface area (Å²) in [5.74, 6) is 0.955. The van der Waals surface area contributed by atoms with Crippen LogP contribution in [0.25, 0.3) is 11.4 Å². The molecule has 0 amide bonds. The van der Waals surface area contributed by atoms with Crippen molar-refractivity contribution in [1.82, 2.24) is 15.0 Å². The van der Waals surface area contributed by atoms with Crippen molar-refractivity contribution in [2.75, 3.05) is 13.1 Å². The molecule has 1 aromatic heterocycles. The summed E-state index contributed by atoms with van der Waals surface area (Å²) in [5.41, 5.74) is 0.622. The van der Waals surface area contributed by atoms with Crippen LogP contribution >= 0.6 is 0 Å². The van der Waals surface area contributed by atoms with Gasteiger partial charge >= 0.3 is 0 Å². The summed E-state index contributed by atoms with van der Waals surface area (Å²) < 4.78 is 5.29. The highest BCUT2D eigenvalue weighted by molar-refractivity contribution is 5.58. The zero-order valence-corrected chi connectivity index (χ0v) is 12.3. The fourth-order valence-electron chi connectivity index (χ4n) is 2.68. The number of non-ortho nitro benzene ring substituents is 1. The van der Waals surface area contributed by atoms with E-state index in [9.17, 15) is 10.1 Å². The van der Waals surface area contributed by atoms with E-state index in [1.165, 1.54) is 37.8 Å². The molecule has 0 spiro atoms. The third-order valence-corrected chi connectivity index (χ3v) is 3.84. The van der Waals surface area contributed by atoms with E-state index >= 15 is 0 Å². The van der Waals surface area contributed by atoms with E-state index in [1.54, 1.807) is 12.1 Å². The first-order chi connectivity index (χ1) is 10.7. The maximum absolute atomic E-state index is 10.8. The van der Waals surface area contributed by atoms with Gasteiger partial charge in [-0.15, -0.1) is 0 Å². The second kappa shape index (κ2) is 6.65. The van der Waals surface area contributed by atoms with Crippen LogP contribution in [0.15, 0.2) is 28.8 Å². The van der Waals surface area contributed by atoms with Gasteiger partial charge in [-0.2, -0.15) is 4.98 Å². The molecule has 0 radical (unpaired) electrons. The van der Waals surface area contributed by atoms with Gasteiger partial charge in [-0.3, -0.25) is 15.0 Å². The number of benzene rings is 1. The van der Waals surface area contributed by atoms with Gasteiger partial charge in [0.05, 0.1) is 11.5 Å². The minimum absolute atomic E-state index is 0.0244. The van der Waals surface area contributed by atoms with Crippen LogP contribution in [0, 0.1) is 10.1 Å². The molecule has 0 saturated carbocycles. The zero-order valence-electron chi connectivity index (χ0n) is 12.3. The Hall–Kier alpha value is -2.28. The molecule has 3 rings (SSSR count). The van der Waals surface area contributed by atoms with Gasteiger partial charge < -0.3 is 4.52 Å². The van der Waals surface area contributed by atoms with Gasteiger partial charge in [-0.05, 0) is 25.9 Å². The van der Waals surface area contributed by atoms with Crippen LogP contribution in [0.1, 0.15) is 31.6 Å². The van der Waals surface area contributed by atoms with Crippen molar-refractivity contribution in [3.63, 3.8) is 0 Å². The van der Waals surface area contributed by atoms with Crippen molar-refractivity contribution in [3.8, 4) is 11.4 Å². The van der Waals surface area contributed by atoms with Gasteiger partial charge in [-0.1, -0.05) is 30.1 Å². The third-order valence-electron chi connectivity index (χ3n) is 3.84. The second-order valence-electron chi connectivity index (χ2n) is 5.51. The Morgan fingerprint density at radius 1 is 1.23 bits per heavy atom. The highest BCUT2D eigenvalue weighted by Crippen LogP contribution is 2.22. The average molecular weight is 302 g/mol. The summed E-state index contributed by atoms with van der Waals surface area (Å²) in [7, 11) is 0. The molecule has 0 bridgehead atoms. The van der Waals surface area contributed by atoms with Gasteiger partial charge in [-0.25, -0.2) is 0 Å². The largest absolute Gasteiger partial charge is 0.338 e. The summed E-state index contributed by atoms with van der Waals surface area (Å²) >= 11 is 0. The van der Waals surface area contributed by atoms with Gasteiger partial charge in [0.2, 0.25) is 11.7 Å². The lowest BCUT2D eigenvalue weighted by Crippen LogP contribution is -2.24. The van der Waals surface area contributed by atoms with E-state index in [2.05, 4.69) is 15.0 Å². The summed E-state index contributed by atoms with van der Waals surface area (Å²) in [6.07, 6.45) is 4.95. The van der Waals surface area contributed by atoms with E-state index in [4.69, 9.17) is 4.52 Å². The molecule has 116 valence electrons. The lowest BCUT2D eigenvalue weighted by molar-refractivity contribution is -0.384. The molecular formula is C15H18N4O3. The Morgan fingerprint density at radius 2 is 2.00 bits per heavy atom. The SMILES string of the molecule is O=[N+]([O-])c1cccc(-c2noc(CN3CCCCCC3)n2)c1. The van der Waals surface area contributed by atoms with Gasteiger partial charge in [0, 0.05) is 17.7 Å². The normalized spacial score (nSPS) is 16.4. The van der Waals surface area contributed by atoms with Crippen molar-refractivity contribution in [3.05, 3.63) is 40.3 Å². The molecule has 1 aliphatic heterocycles. The van der Waals surface area contributed by atoms with E-state index in [0.29, 0.717) is 23.8 Å². The van der Waals surface area contributed by atoms with Crippen LogP contribution < -0.4 is 0 Å². The van der Waals surface area contributed by atoms with Gasteiger partial charge in [0.25, 0.3) is 5.69 Å². The van der Waals surface area contributed by atoms with Crippen molar-refractivity contribution >= 4 is 5.69 Å². The number of nitrogens with zero attached hydrogens (tertiary/aromatic N) is 4. The molecule has 0 unspecified atom stereocenters. The van der Waals surface area contributed by atoms with Gasteiger partial charge in [0.15, 0.2) is 0 Å². The molecule has 1 fully saturated rings. The Morgan fingerprint density at radius 3 is 2.73 bits per heavy atom. The minimum Gasteiger partial charge on any atom is -0.338 e. The van der Waals surface area contributed by atoms with Crippen LogP contribution in [0.2, 0.25) is 0 Å². The lowest BCUT2D eigenvalue weighted by Gasteiger charge is -2.16. The second-order valence-corrected chi connectivity index (χ2v) is 5.51. The van der Waals surface area contributed by atoms with Crippen LogP contribution in [-0.2, 0) is 6.54 Å². The van der Waals surface area contributed by atoms with Crippen LogP contribution in [-0.4, -0.2) is 33.1 Å². The van der Waals surface area contributed by atoms with Crippen LogP contribution in [0.4, 0.5) is 5.69 Å². The highest BCUT2D eigenvalue weighted by atomic mass is 16.6. The fourth-order valence-corrected chi connectivity index (χ4v) is 2.68. The summed E-state index contributed by atoms with van der Waals surface area (Å²) in [4.78, 5) is 17.1. The highest BCUT2D eigenvalue weighted by Gasteiger charge is 2.16. The maximum Gasteiger partial charge on any atom is 0.270 e. The molecule has 2 heterocycles. The molecule has 0 N–H and O–H groups in total. The van der Waals surface area contributed by atoms with Gasteiger partial charge in [0.1, 0.15) is 0 Å². The molecule has 7 heteroatoms. The van der Waals surface area contributed by atoms with Crippen molar-refractivity contribution in [2.45, 2.75) is 32.2 Å². The van der Waals surface area contributed by atoms with Crippen LogP contribution in [0.5, 0.6) is 0 Å². The molecule has 7 nitrogen and oxygen atoms in total. The third kappa shape index (κ3) is 3.48. The first-order valence-corrected chi connectivity index (χ1v) is 7.52. The number of likely N-dealkylation sites (tertiary alicyclic amines) is 1. The number of rotatable bonds is 4. The zero-order chi connectivity index (χ0) is 15.4. The molecule has 0 atom stereocenters. The van der Waals surface area contributed by atoms with E-state index < -0.39 is 4.92 Å². The topological polar surface area (TPSA) is 85.3 Å². The van der Waals surface area contributed by atoms with Crippen molar-refractivity contribution < 1.29 is 9.45 Å². The predicted octanol–water partition coefficient (Wildman–Crippen LogP) is 3.02. The number of nitro groups is 1. The van der Waals surface area contributed by atoms with E-state index in [-0.39, 0.29) is 5.69 Å². The first-order valence-electron chi connectivity index (χ1n) is 7.52. The Bertz CT molecular complexity index is 648. The Balaban J connectivity index is 1.73. The lowest BCUT2D eigenvalue weighted by atomic mass is 10.2. The summed E-state index contributed by atoms with van der Waals surface area (Å²) in [6, 6.07) is 6.27. The number of hydrogen-bond donors (Lipinski definition) is 0. The summed E-state index contributed by atoms with van der Waals surface area (Å²) in [5, 5.41) is 14.8. The smallest absolute Gasteiger partial charge is 0.270 e. The Labute approximate surface area is 128 Å². The maximum atomic E-state index is 10.8. The number of aromatic nitrogens is 2.